The molecule has 0 radical (unpaired) electrons. The summed E-state index contributed by atoms with van der Waals surface area (Å²) in [4.78, 5) is 10.4. The lowest BCUT2D eigenvalue weighted by atomic mass is 10.2. The van der Waals surface area contributed by atoms with Gasteiger partial charge in [0.05, 0.1) is 12.0 Å². The van der Waals surface area contributed by atoms with Crippen LogP contribution in [0.2, 0.25) is 0 Å². The van der Waals surface area contributed by atoms with Crippen molar-refractivity contribution in [3.8, 4) is 11.5 Å². The molecular weight excluding hydrogens is 224 g/mol. The summed E-state index contributed by atoms with van der Waals surface area (Å²) < 4.78 is 10.7. The maximum Gasteiger partial charge on any atom is 0.311 e. The maximum atomic E-state index is 10.9. The van der Waals surface area contributed by atoms with Gasteiger partial charge in [-0.1, -0.05) is 0 Å². The molecule has 0 saturated carbocycles. The lowest BCUT2D eigenvalue weighted by Gasteiger charge is -2.13. The first kappa shape index (κ1) is 11.7. The standard InChI is InChI=1S/C11H14N2O4/c1-16-8-2-3-10(13(14)15)11(6-8)17-9-4-5-12-7-9/h2-3,6,9,12H,4-5,7H2,1H3/t9-/m1/s1. The molecule has 0 aromatic heterocycles. The van der Waals surface area contributed by atoms with E-state index in [0.717, 1.165) is 13.0 Å². The van der Waals surface area contributed by atoms with Crippen molar-refractivity contribution >= 4 is 5.69 Å². The number of methoxy groups -OCH3 is 1. The molecular formula is C11H14N2O4. The van der Waals surface area contributed by atoms with Crippen molar-refractivity contribution in [2.45, 2.75) is 12.5 Å². The SMILES string of the molecule is COc1ccc([N+](=O)[O-])c(O[C@@H]2CCNC2)c1. The van der Waals surface area contributed by atoms with E-state index < -0.39 is 4.92 Å². The minimum Gasteiger partial charge on any atom is -0.497 e. The first-order chi connectivity index (χ1) is 8.20. The second-order valence-electron chi connectivity index (χ2n) is 3.82. The molecule has 0 amide bonds. The average molecular weight is 238 g/mol. The van der Waals surface area contributed by atoms with Gasteiger partial charge >= 0.3 is 5.69 Å². The van der Waals surface area contributed by atoms with Gasteiger partial charge in [0.2, 0.25) is 5.75 Å². The molecule has 1 saturated heterocycles. The van der Waals surface area contributed by atoms with Crippen LogP contribution in [0.25, 0.3) is 0 Å². The van der Waals surface area contributed by atoms with Gasteiger partial charge in [-0.05, 0) is 19.0 Å². The monoisotopic (exact) mass is 238 g/mol. The van der Waals surface area contributed by atoms with E-state index in [1.165, 1.54) is 13.2 Å². The van der Waals surface area contributed by atoms with E-state index in [2.05, 4.69) is 5.32 Å². The van der Waals surface area contributed by atoms with E-state index in [0.29, 0.717) is 12.3 Å². The molecule has 1 aliphatic rings. The number of hydrogen-bond acceptors (Lipinski definition) is 5. The number of nitrogens with zero attached hydrogens (tertiary/aromatic N) is 1. The normalized spacial score (nSPS) is 19.0. The van der Waals surface area contributed by atoms with Crippen molar-refractivity contribution in [3.63, 3.8) is 0 Å². The Balaban J connectivity index is 2.24. The number of hydrogen-bond donors (Lipinski definition) is 1. The molecule has 0 aliphatic carbocycles. The Bertz CT molecular complexity index is 416. The molecule has 1 N–H and O–H groups in total. The van der Waals surface area contributed by atoms with Crippen molar-refractivity contribution in [1.29, 1.82) is 0 Å². The third-order valence-corrected chi connectivity index (χ3v) is 2.67. The molecule has 0 spiro atoms. The van der Waals surface area contributed by atoms with E-state index in [4.69, 9.17) is 9.47 Å². The minimum absolute atomic E-state index is 0.0131. The predicted molar refractivity (Wildman–Crippen MR) is 61.6 cm³/mol. The molecule has 0 bridgehead atoms. The number of rotatable bonds is 4. The zero-order chi connectivity index (χ0) is 12.3. The molecule has 1 aromatic rings. The van der Waals surface area contributed by atoms with Crippen LogP contribution in [0.15, 0.2) is 18.2 Å². The molecule has 17 heavy (non-hydrogen) atoms. The third kappa shape index (κ3) is 2.65. The first-order valence-electron chi connectivity index (χ1n) is 5.40. The van der Waals surface area contributed by atoms with Gasteiger partial charge < -0.3 is 14.8 Å². The highest BCUT2D eigenvalue weighted by molar-refractivity contribution is 5.50. The molecule has 1 aliphatic heterocycles. The minimum atomic E-state index is -0.447. The van der Waals surface area contributed by atoms with E-state index in [-0.39, 0.29) is 17.5 Å². The highest BCUT2D eigenvalue weighted by Crippen LogP contribution is 2.32. The fourth-order valence-corrected chi connectivity index (χ4v) is 1.77. The number of nitrogens with one attached hydrogen (secondary N) is 1. The molecule has 0 unspecified atom stereocenters. The summed E-state index contributed by atoms with van der Waals surface area (Å²) in [7, 11) is 1.52. The Morgan fingerprint density at radius 1 is 1.53 bits per heavy atom. The quantitative estimate of drug-likeness (QED) is 0.633. The van der Waals surface area contributed by atoms with Crippen LogP contribution in [-0.2, 0) is 0 Å². The van der Waals surface area contributed by atoms with E-state index in [1.807, 2.05) is 0 Å². The van der Waals surface area contributed by atoms with Crippen molar-refractivity contribution < 1.29 is 14.4 Å². The summed E-state index contributed by atoms with van der Waals surface area (Å²) in [6, 6.07) is 4.50. The van der Waals surface area contributed by atoms with Crippen LogP contribution in [-0.4, -0.2) is 31.2 Å². The number of ether oxygens (including phenoxy) is 2. The van der Waals surface area contributed by atoms with Crippen LogP contribution in [0.3, 0.4) is 0 Å². The van der Waals surface area contributed by atoms with Gasteiger partial charge in [0, 0.05) is 18.7 Å². The Morgan fingerprint density at radius 3 is 2.94 bits per heavy atom. The number of benzene rings is 1. The number of nitro groups is 1. The topological polar surface area (TPSA) is 73.6 Å². The highest BCUT2D eigenvalue weighted by atomic mass is 16.6. The maximum absolute atomic E-state index is 10.9. The summed E-state index contributed by atoms with van der Waals surface area (Å²) in [6.07, 6.45) is 0.842. The highest BCUT2D eigenvalue weighted by Gasteiger charge is 2.22. The van der Waals surface area contributed by atoms with Gasteiger partial charge in [-0.3, -0.25) is 10.1 Å². The average Bonchev–Trinajstić information content (AvgIpc) is 2.81. The lowest BCUT2D eigenvalue weighted by molar-refractivity contribution is -0.386. The summed E-state index contributed by atoms with van der Waals surface area (Å²) >= 11 is 0. The summed E-state index contributed by atoms with van der Waals surface area (Å²) in [6.45, 7) is 1.59. The molecule has 1 heterocycles. The molecule has 6 nitrogen and oxygen atoms in total. The van der Waals surface area contributed by atoms with E-state index in [9.17, 15) is 10.1 Å². The van der Waals surface area contributed by atoms with Crippen LogP contribution in [0.4, 0.5) is 5.69 Å². The largest absolute Gasteiger partial charge is 0.497 e. The zero-order valence-corrected chi connectivity index (χ0v) is 9.51. The fraction of sp³-hybridized carbons (Fsp3) is 0.455. The van der Waals surface area contributed by atoms with Crippen LogP contribution in [0.5, 0.6) is 11.5 Å². The van der Waals surface area contributed by atoms with Crippen molar-refractivity contribution in [3.05, 3.63) is 28.3 Å². The smallest absolute Gasteiger partial charge is 0.311 e. The van der Waals surface area contributed by atoms with Crippen molar-refractivity contribution in [2.24, 2.45) is 0 Å². The summed E-state index contributed by atoms with van der Waals surface area (Å²) in [5.74, 6) is 0.819. The van der Waals surface area contributed by atoms with Crippen LogP contribution < -0.4 is 14.8 Å². The molecule has 92 valence electrons. The second-order valence-corrected chi connectivity index (χ2v) is 3.82. The fourth-order valence-electron chi connectivity index (χ4n) is 1.77. The van der Waals surface area contributed by atoms with Gasteiger partial charge in [-0.2, -0.15) is 0 Å². The van der Waals surface area contributed by atoms with Gasteiger partial charge in [0.25, 0.3) is 0 Å². The number of nitro benzene ring substituents is 1. The Kier molecular flexibility index (Phi) is 3.43. The first-order valence-corrected chi connectivity index (χ1v) is 5.40. The Labute approximate surface area is 98.7 Å². The summed E-state index contributed by atoms with van der Waals surface area (Å²) in [5, 5.41) is 14.0. The van der Waals surface area contributed by atoms with E-state index in [1.54, 1.807) is 12.1 Å². The third-order valence-electron chi connectivity index (χ3n) is 2.67. The summed E-state index contributed by atoms with van der Waals surface area (Å²) in [5.41, 5.74) is -0.0299. The van der Waals surface area contributed by atoms with Crippen LogP contribution in [0, 0.1) is 10.1 Å². The second kappa shape index (κ2) is 5.01. The lowest BCUT2D eigenvalue weighted by Crippen LogP contribution is -2.20. The van der Waals surface area contributed by atoms with Gasteiger partial charge in [0.1, 0.15) is 11.9 Å². The molecule has 2 rings (SSSR count). The van der Waals surface area contributed by atoms with Crippen LogP contribution >= 0.6 is 0 Å². The molecule has 6 heteroatoms. The van der Waals surface area contributed by atoms with Gasteiger partial charge in [0.15, 0.2) is 0 Å². The van der Waals surface area contributed by atoms with Gasteiger partial charge in [-0.25, -0.2) is 0 Å². The molecule has 1 fully saturated rings. The molecule has 1 aromatic carbocycles. The molecule has 1 atom stereocenters. The van der Waals surface area contributed by atoms with Crippen molar-refractivity contribution in [1.82, 2.24) is 5.32 Å². The van der Waals surface area contributed by atoms with Crippen molar-refractivity contribution in [2.75, 3.05) is 20.2 Å². The van der Waals surface area contributed by atoms with Gasteiger partial charge in [-0.15, -0.1) is 0 Å². The van der Waals surface area contributed by atoms with Crippen LogP contribution in [0.1, 0.15) is 6.42 Å². The predicted octanol–water partition coefficient (Wildman–Crippen LogP) is 1.34. The van der Waals surface area contributed by atoms with E-state index >= 15 is 0 Å². The Morgan fingerprint density at radius 2 is 2.35 bits per heavy atom. The Hall–Kier alpha value is -1.82. The zero-order valence-electron chi connectivity index (χ0n) is 9.51.